The van der Waals surface area contributed by atoms with Crippen molar-refractivity contribution >= 4 is 29.0 Å². The van der Waals surface area contributed by atoms with Crippen molar-refractivity contribution in [2.45, 2.75) is 12.7 Å². The van der Waals surface area contributed by atoms with Crippen molar-refractivity contribution in [3.8, 4) is 0 Å². The molecule has 0 fully saturated rings. The smallest absolute Gasteiger partial charge is 0.418 e. The van der Waals surface area contributed by atoms with Gasteiger partial charge in [-0.3, -0.25) is 0 Å². The van der Waals surface area contributed by atoms with E-state index in [0.29, 0.717) is 0 Å². The summed E-state index contributed by atoms with van der Waals surface area (Å²) in [6, 6.07) is 11.1. The van der Waals surface area contributed by atoms with E-state index in [9.17, 15) is 18.0 Å². The van der Waals surface area contributed by atoms with Crippen LogP contribution in [0.15, 0.2) is 48.5 Å². The Morgan fingerprint density at radius 1 is 1.08 bits per heavy atom. The van der Waals surface area contributed by atoms with Crippen molar-refractivity contribution in [3.05, 3.63) is 65.2 Å². The van der Waals surface area contributed by atoms with Crippen LogP contribution in [0.3, 0.4) is 0 Å². The fraction of sp³-hybridized carbons (Fsp3) is 0.125. The molecule has 4 nitrogen and oxygen atoms in total. The number of carbonyl (C=O) groups is 1. The van der Waals surface area contributed by atoms with Gasteiger partial charge in [-0.25, -0.2) is 4.79 Å². The molecule has 2 aromatic carbocycles. The first-order chi connectivity index (χ1) is 11.3. The van der Waals surface area contributed by atoms with Gasteiger partial charge in [0.05, 0.1) is 16.8 Å². The molecular weight excluding hydrogens is 341 g/mol. The normalized spacial score (nSPS) is 11.0. The lowest BCUT2D eigenvalue weighted by atomic mass is 10.1. The van der Waals surface area contributed by atoms with Crippen LogP contribution in [0.5, 0.6) is 0 Å². The first-order valence-electron chi connectivity index (χ1n) is 6.80. The summed E-state index contributed by atoms with van der Waals surface area (Å²) in [4.78, 5) is 10.8. The van der Waals surface area contributed by atoms with Gasteiger partial charge in [-0.2, -0.15) is 13.2 Å². The van der Waals surface area contributed by atoms with Gasteiger partial charge in [0.2, 0.25) is 0 Å². The number of anilines is 1. The number of hydrogen-bond acceptors (Lipinski definition) is 2. The lowest BCUT2D eigenvalue weighted by Gasteiger charge is -2.15. The lowest BCUT2D eigenvalue weighted by Crippen LogP contribution is -2.29. The Hall–Kier alpha value is -2.61. The molecule has 0 aliphatic heterocycles. The summed E-state index contributed by atoms with van der Waals surface area (Å²) in [6.45, 7) is 0.250. The highest BCUT2D eigenvalue weighted by molar-refractivity contribution is 7.80. The van der Waals surface area contributed by atoms with Gasteiger partial charge in [-0.1, -0.05) is 24.3 Å². The van der Waals surface area contributed by atoms with E-state index in [1.165, 1.54) is 30.3 Å². The maximum Gasteiger partial charge on any atom is 0.418 e. The zero-order valence-corrected chi connectivity index (χ0v) is 13.0. The van der Waals surface area contributed by atoms with Crippen molar-refractivity contribution < 1.29 is 23.1 Å². The third-order valence-corrected chi connectivity index (χ3v) is 3.38. The van der Waals surface area contributed by atoms with Crippen LogP contribution < -0.4 is 10.6 Å². The molecule has 0 heterocycles. The Balaban J connectivity index is 1.98. The monoisotopic (exact) mass is 354 g/mol. The zero-order valence-electron chi connectivity index (χ0n) is 12.2. The van der Waals surface area contributed by atoms with Crippen molar-refractivity contribution in [1.82, 2.24) is 5.32 Å². The van der Waals surface area contributed by atoms with Crippen molar-refractivity contribution in [3.63, 3.8) is 0 Å². The van der Waals surface area contributed by atoms with Gasteiger partial charge in [0.25, 0.3) is 0 Å². The van der Waals surface area contributed by atoms with Gasteiger partial charge in [-0.05, 0) is 42.0 Å². The summed E-state index contributed by atoms with van der Waals surface area (Å²) in [5.41, 5.74) is -0.0458. The van der Waals surface area contributed by atoms with Gasteiger partial charge in [-0.15, -0.1) is 0 Å². The highest BCUT2D eigenvalue weighted by Crippen LogP contribution is 2.34. The summed E-state index contributed by atoms with van der Waals surface area (Å²) in [5, 5.41) is 14.2. The molecule has 0 unspecified atom stereocenters. The second-order valence-electron chi connectivity index (χ2n) is 4.85. The molecular formula is C16H13F3N2O2S. The minimum Gasteiger partial charge on any atom is -0.478 e. The number of para-hydroxylation sites is 1. The summed E-state index contributed by atoms with van der Waals surface area (Å²) in [7, 11) is 0. The Morgan fingerprint density at radius 3 is 2.29 bits per heavy atom. The molecule has 0 saturated heterocycles. The number of nitrogens with one attached hydrogen (secondary N) is 2. The van der Waals surface area contributed by atoms with E-state index in [-0.39, 0.29) is 22.9 Å². The molecule has 0 aliphatic carbocycles. The molecule has 0 radical (unpaired) electrons. The third kappa shape index (κ3) is 4.69. The van der Waals surface area contributed by atoms with Crippen LogP contribution in [-0.2, 0) is 12.7 Å². The molecule has 24 heavy (non-hydrogen) atoms. The number of hydrogen-bond donors (Lipinski definition) is 3. The summed E-state index contributed by atoms with van der Waals surface area (Å²) < 4.78 is 38.7. The van der Waals surface area contributed by atoms with E-state index in [0.717, 1.165) is 11.6 Å². The lowest BCUT2D eigenvalue weighted by molar-refractivity contribution is -0.136. The number of benzene rings is 2. The predicted molar refractivity (Wildman–Crippen MR) is 87.9 cm³/mol. The number of thiocarbonyl (C=S) groups is 1. The first-order valence-corrected chi connectivity index (χ1v) is 7.21. The van der Waals surface area contributed by atoms with Crippen molar-refractivity contribution in [2.24, 2.45) is 0 Å². The third-order valence-electron chi connectivity index (χ3n) is 3.13. The van der Waals surface area contributed by atoms with Gasteiger partial charge >= 0.3 is 12.1 Å². The maximum absolute atomic E-state index is 12.9. The average molecular weight is 354 g/mol. The number of aromatic carboxylic acids is 1. The second kappa shape index (κ2) is 7.31. The summed E-state index contributed by atoms with van der Waals surface area (Å²) >= 11 is 5.00. The molecule has 8 heteroatoms. The van der Waals surface area contributed by atoms with Gasteiger partial charge < -0.3 is 15.7 Å². The Labute approximate surface area is 141 Å². The minimum absolute atomic E-state index is 0.0361. The van der Waals surface area contributed by atoms with Crippen LogP contribution in [-0.4, -0.2) is 16.2 Å². The van der Waals surface area contributed by atoms with Crippen LogP contribution in [0.25, 0.3) is 0 Å². The van der Waals surface area contributed by atoms with E-state index < -0.39 is 17.7 Å². The van der Waals surface area contributed by atoms with Gasteiger partial charge in [0.15, 0.2) is 5.11 Å². The van der Waals surface area contributed by atoms with Gasteiger partial charge in [0.1, 0.15) is 0 Å². The highest BCUT2D eigenvalue weighted by Gasteiger charge is 2.33. The molecule has 126 valence electrons. The predicted octanol–water partition coefficient (Wildman–Crippen LogP) is 3.89. The molecule has 2 aromatic rings. The van der Waals surface area contributed by atoms with Crippen LogP contribution in [0, 0.1) is 0 Å². The molecule has 0 amide bonds. The van der Waals surface area contributed by atoms with Crippen LogP contribution in [0.2, 0.25) is 0 Å². The van der Waals surface area contributed by atoms with E-state index in [2.05, 4.69) is 10.6 Å². The molecule has 0 spiro atoms. The maximum atomic E-state index is 12.9. The molecule has 0 bridgehead atoms. The molecule has 2 rings (SSSR count). The topological polar surface area (TPSA) is 61.4 Å². The van der Waals surface area contributed by atoms with E-state index >= 15 is 0 Å². The molecule has 3 N–H and O–H groups in total. The molecule has 0 aromatic heterocycles. The van der Waals surface area contributed by atoms with Crippen LogP contribution >= 0.6 is 12.2 Å². The Bertz CT molecular complexity index is 746. The zero-order chi connectivity index (χ0) is 17.7. The Morgan fingerprint density at radius 2 is 1.71 bits per heavy atom. The fourth-order valence-electron chi connectivity index (χ4n) is 1.95. The largest absolute Gasteiger partial charge is 0.478 e. The quantitative estimate of drug-likeness (QED) is 0.727. The summed E-state index contributed by atoms with van der Waals surface area (Å²) in [6.07, 6.45) is -4.48. The standard InChI is InChI=1S/C16H13F3N2O2S/c17-16(18,19)12-3-1-2-4-13(12)21-15(24)20-9-10-5-7-11(8-6-10)14(22)23/h1-8H,9H2,(H,22,23)(H2,20,21,24). The number of carboxylic acids is 1. The fourth-order valence-corrected chi connectivity index (χ4v) is 2.14. The van der Waals surface area contributed by atoms with Crippen molar-refractivity contribution in [1.29, 1.82) is 0 Å². The SMILES string of the molecule is O=C(O)c1ccc(CNC(=S)Nc2ccccc2C(F)(F)F)cc1. The molecule has 0 aliphatic rings. The number of carboxylic acid groups (broad SMARTS) is 1. The summed E-state index contributed by atoms with van der Waals surface area (Å²) in [5.74, 6) is -1.03. The van der Waals surface area contributed by atoms with E-state index in [4.69, 9.17) is 17.3 Å². The van der Waals surface area contributed by atoms with Crippen LogP contribution in [0.4, 0.5) is 18.9 Å². The number of halogens is 3. The average Bonchev–Trinajstić information content (AvgIpc) is 2.53. The van der Waals surface area contributed by atoms with E-state index in [1.54, 1.807) is 12.1 Å². The molecule has 0 saturated carbocycles. The number of alkyl halides is 3. The van der Waals surface area contributed by atoms with Crippen LogP contribution in [0.1, 0.15) is 21.5 Å². The number of rotatable bonds is 4. The van der Waals surface area contributed by atoms with Crippen molar-refractivity contribution in [2.75, 3.05) is 5.32 Å². The van der Waals surface area contributed by atoms with Gasteiger partial charge in [0, 0.05) is 6.54 Å². The minimum atomic E-state index is -4.48. The van der Waals surface area contributed by atoms with E-state index in [1.807, 2.05) is 0 Å². The molecule has 0 atom stereocenters. The highest BCUT2D eigenvalue weighted by atomic mass is 32.1. The Kier molecular flexibility index (Phi) is 5.40. The second-order valence-corrected chi connectivity index (χ2v) is 5.26. The first kappa shape index (κ1) is 17.7.